The van der Waals surface area contributed by atoms with E-state index in [2.05, 4.69) is 41.9 Å². The van der Waals surface area contributed by atoms with E-state index in [1.54, 1.807) is 0 Å². The molecule has 1 nitrogen and oxygen atoms in total. The zero-order valence-electron chi connectivity index (χ0n) is 10.1. The average molecular weight is 282 g/mol. The second kappa shape index (κ2) is 4.50. The largest absolute Gasteiger partial charge is 0.330 e. The minimum absolute atomic E-state index is 0.248. The highest BCUT2D eigenvalue weighted by molar-refractivity contribution is 9.10. The maximum Gasteiger partial charge on any atom is 0.0207 e. The predicted octanol–water partition coefficient (Wildman–Crippen LogP) is 3.84. The van der Waals surface area contributed by atoms with Crippen LogP contribution in [0.2, 0.25) is 0 Å². The summed E-state index contributed by atoms with van der Waals surface area (Å²) in [6, 6.07) is 4.36. The molecule has 1 aromatic carbocycles. The van der Waals surface area contributed by atoms with Crippen LogP contribution in [0.25, 0.3) is 0 Å². The van der Waals surface area contributed by atoms with E-state index in [0.717, 1.165) is 6.54 Å². The van der Waals surface area contributed by atoms with Crippen LogP contribution in [-0.4, -0.2) is 6.54 Å². The fourth-order valence-corrected chi connectivity index (χ4v) is 3.58. The molecular weight excluding hydrogens is 262 g/mol. The Labute approximate surface area is 107 Å². The molecular formula is C14H20BrN. The summed E-state index contributed by atoms with van der Waals surface area (Å²) in [7, 11) is 0. The number of hydrogen-bond donors (Lipinski definition) is 1. The maximum atomic E-state index is 6.07. The van der Waals surface area contributed by atoms with E-state index >= 15 is 0 Å². The van der Waals surface area contributed by atoms with Crippen molar-refractivity contribution in [1.82, 2.24) is 0 Å². The SMILES string of the molecule is Cc1ccc(Br)c(C)c1C1(CN)CCCC1. The number of benzene rings is 1. The summed E-state index contributed by atoms with van der Waals surface area (Å²) in [6.45, 7) is 5.21. The van der Waals surface area contributed by atoms with Crippen molar-refractivity contribution in [2.24, 2.45) is 5.73 Å². The Hall–Kier alpha value is -0.340. The molecule has 0 bridgehead atoms. The summed E-state index contributed by atoms with van der Waals surface area (Å²) in [5.74, 6) is 0. The van der Waals surface area contributed by atoms with Gasteiger partial charge in [-0.25, -0.2) is 0 Å². The molecule has 1 saturated carbocycles. The van der Waals surface area contributed by atoms with Crippen molar-refractivity contribution >= 4 is 15.9 Å². The van der Waals surface area contributed by atoms with Crippen LogP contribution in [0.1, 0.15) is 42.4 Å². The van der Waals surface area contributed by atoms with Gasteiger partial charge in [-0.2, -0.15) is 0 Å². The predicted molar refractivity (Wildman–Crippen MR) is 72.8 cm³/mol. The first-order chi connectivity index (χ1) is 7.60. The summed E-state index contributed by atoms with van der Waals surface area (Å²) in [5.41, 5.74) is 10.6. The molecule has 1 aliphatic carbocycles. The topological polar surface area (TPSA) is 26.0 Å². The molecule has 0 unspecified atom stereocenters. The second-order valence-corrected chi connectivity index (χ2v) is 5.91. The molecule has 2 N–H and O–H groups in total. The monoisotopic (exact) mass is 281 g/mol. The van der Waals surface area contributed by atoms with Gasteiger partial charge in [0.05, 0.1) is 0 Å². The lowest BCUT2D eigenvalue weighted by Gasteiger charge is -2.32. The fourth-order valence-electron chi connectivity index (χ4n) is 3.25. The third-order valence-corrected chi connectivity index (χ3v) is 4.95. The van der Waals surface area contributed by atoms with Crippen LogP contribution >= 0.6 is 15.9 Å². The summed E-state index contributed by atoms with van der Waals surface area (Å²) >= 11 is 3.64. The zero-order chi connectivity index (χ0) is 11.8. The van der Waals surface area contributed by atoms with Crippen LogP contribution in [0, 0.1) is 13.8 Å². The summed E-state index contributed by atoms with van der Waals surface area (Å²) in [4.78, 5) is 0. The molecule has 0 amide bonds. The van der Waals surface area contributed by atoms with Crippen LogP contribution < -0.4 is 5.73 Å². The molecule has 1 aromatic rings. The quantitative estimate of drug-likeness (QED) is 0.876. The molecule has 0 saturated heterocycles. The third-order valence-electron chi connectivity index (χ3n) is 4.09. The third kappa shape index (κ3) is 1.82. The Balaban J connectivity index is 2.57. The highest BCUT2D eigenvalue weighted by Gasteiger charge is 2.36. The first-order valence-corrected chi connectivity index (χ1v) is 6.86. The van der Waals surface area contributed by atoms with Crippen molar-refractivity contribution < 1.29 is 0 Å². The van der Waals surface area contributed by atoms with Gasteiger partial charge in [-0.1, -0.05) is 34.8 Å². The van der Waals surface area contributed by atoms with Crippen LogP contribution in [0.15, 0.2) is 16.6 Å². The molecule has 2 heteroatoms. The Morgan fingerprint density at radius 2 is 1.88 bits per heavy atom. The van der Waals surface area contributed by atoms with Gasteiger partial charge >= 0.3 is 0 Å². The number of halogens is 1. The van der Waals surface area contributed by atoms with E-state index in [-0.39, 0.29) is 5.41 Å². The van der Waals surface area contributed by atoms with Crippen molar-refractivity contribution in [2.45, 2.75) is 44.9 Å². The van der Waals surface area contributed by atoms with Gasteiger partial charge in [0.1, 0.15) is 0 Å². The lowest BCUT2D eigenvalue weighted by Crippen LogP contribution is -2.33. The van der Waals surface area contributed by atoms with E-state index in [4.69, 9.17) is 5.73 Å². The van der Waals surface area contributed by atoms with E-state index < -0.39 is 0 Å². The van der Waals surface area contributed by atoms with Gasteiger partial charge in [-0.05, 0) is 49.4 Å². The molecule has 16 heavy (non-hydrogen) atoms. The molecule has 0 aromatic heterocycles. The highest BCUT2D eigenvalue weighted by atomic mass is 79.9. The van der Waals surface area contributed by atoms with Gasteiger partial charge in [0.25, 0.3) is 0 Å². The van der Waals surface area contributed by atoms with Crippen molar-refractivity contribution in [3.8, 4) is 0 Å². The Morgan fingerprint density at radius 3 is 2.44 bits per heavy atom. The average Bonchev–Trinajstić information content (AvgIpc) is 2.74. The molecule has 0 aliphatic heterocycles. The van der Waals surface area contributed by atoms with Crippen molar-refractivity contribution in [2.75, 3.05) is 6.54 Å². The first kappa shape index (κ1) is 12.1. The Bertz CT molecular complexity index is 392. The van der Waals surface area contributed by atoms with Crippen LogP contribution in [0.5, 0.6) is 0 Å². The minimum Gasteiger partial charge on any atom is -0.330 e. The van der Waals surface area contributed by atoms with Crippen LogP contribution in [0.4, 0.5) is 0 Å². The fraction of sp³-hybridized carbons (Fsp3) is 0.571. The molecule has 88 valence electrons. The highest BCUT2D eigenvalue weighted by Crippen LogP contribution is 2.44. The van der Waals surface area contributed by atoms with E-state index in [1.807, 2.05) is 0 Å². The lowest BCUT2D eigenvalue weighted by molar-refractivity contribution is 0.448. The molecule has 0 radical (unpaired) electrons. The van der Waals surface area contributed by atoms with Gasteiger partial charge in [0.15, 0.2) is 0 Å². The Morgan fingerprint density at radius 1 is 1.25 bits per heavy atom. The minimum atomic E-state index is 0.248. The molecule has 1 aliphatic rings. The number of hydrogen-bond acceptors (Lipinski definition) is 1. The number of rotatable bonds is 2. The van der Waals surface area contributed by atoms with Crippen molar-refractivity contribution in [3.63, 3.8) is 0 Å². The lowest BCUT2D eigenvalue weighted by atomic mass is 9.75. The van der Waals surface area contributed by atoms with Gasteiger partial charge in [-0.15, -0.1) is 0 Å². The van der Waals surface area contributed by atoms with Gasteiger partial charge in [0.2, 0.25) is 0 Å². The first-order valence-electron chi connectivity index (χ1n) is 6.07. The standard InChI is InChI=1S/C14H20BrN/c1-10-5-6-12(15)11(2)13(10)14(9-16)7-3-4-8-14/h5-6H,3-4,7-9,16H2,1-2H3. The van der Waals surface area contributed by atoms with E-state index in [0.29, 0.717) is 0 Å². The Kier molecular flexibility index (Phi) is 3.41. The van der Waals surface area contributed by atoms with Gasteiger partial charge < -0.3 is 5.73 Å². The summed E-state index contributed by atoms with van der Waals surface area (Å²) in [6.07, 6.45) is 5.15. The number of aryl methyl sites for hydroxylation is 1. The molecule has 0 spiro atoms. The molecule has 0 atom stereocenters. The maximum absolute atomic E-state index is 6.07. The summed E-state index contributed by atoms with van der Waals surface area (Å²) < 4.78 is 1.22. The van der Waals surface area contributed by atoms with Gasteiger partial charge in [-0.3, -0.25) is 0 Å². The number of nitrogens with two attached hydrogens (primary N) is 1. The van der Waals surface area contributed by atoms with E-state index in [9.17, 15) is 0 Å². The van der Waals surface area contributed by atoms with Crippen LogP contribution in [0.3, 0.4) is 0 Å². The van der Waals surface area contributed by atoms with Crippen LogP contribution in [-0.2, 0) is 5.41 Å². The second-order valence-electron chi connectivity index (χ2n) is 5.06. The molecule has 0 heterocycles. The normalized spacial score (nSPS) is 19.0. The van der Waals surface area contributed by atoms with Crippen molar-refractivity contribution in [1.29, 1.82) is 0 Å². The summed E-state index contributed by atoms with van der Waals surface area (Å²) in [5, 5.41) is 0. The smallest absolute Gasteiger partial charge is 0.0207 e. The zero-order valence-corrected chi connectivity index (χ0v) is 11.7. The van der Waals surface area contributed by atoms with Crippen molar-refractivity contribution in [3.05, 3.63) is 33.3 Å². The van der Waals surface area contributed by atoms with E-state index in [1.165, 1.54) is 46.8 Å². The molecule has 2 rings (SSSR count). The van der Waals surface area contributed by atoms with Gasteiger partial charge in [0, 0.05) is 16.4 Å². The molecule has 1 fully saturated rings.